The van der Waals surface area contributed by atoms with Crippen LogP contribution in [0.1, 0.15) is 18.4 Å². The molecule has 0 bridgehead atoms. The zero-order valence-corrected chi connectivity index (χ0v) is 12.4. The molecule has 0 amide bonds. The predicted octanol–water partition coefficient (Wildman–Crippen LogP) is 1.55. The standard InChI is InChI=1S/C14H18O8/c1-9-11(21-13(15)19-9)7-17-5-3-4-6-18-8-12-10(2)20-14(16)22-12/h3-4,9,11H,5-8H2,1-2H3/b4-3+. The van der Waals surface area contributed by atoms with E-state index in [1.54, 1.807) is 26.0 Å². The van der Waals surface area contributed by atoms with Crippen molar-refractivity contribution in [3.8, 4) is 0 Å². The molecular formula is C14H18O8. The number of ether oxygens (including phenoxy) is 4. The number of rotatable bonds is 8. The quantitative estimate of drug-likeness (QED) is 0.405. The van der Waals surface area contributed by atoms with E-state index in [9.17, 15) is 9.59 Å². The fourth-order valence-electron chi connectivity index (χ4n) is 1.76. The van der Waals surface area contributed by atoms with E-state index in [2.05, 4.69) is 0 Å². The van der Waals surface area contributed by atoms with Crippen molar-refractivity contribution in [1.82, 2.24) is 0 Å². The van der Waals surface area contributed by atoms with Gasteiger partial charge in [0.25, 0.3) is 0 Å². The Hall–Kier alpha value is -2.06. The summed E-state index contributed by atoms with van der Waals surface area (Å²) in [6.07, 6.45) is 2.22. The highest BCUT2D eigenvalue weighted by Crippen LogP contribution is 2.14. The molecule has 2 rings (SSSR count). The highest BCUT2D eigenvalue weighted by atomic mass is 16.8. The van der Waals surface area contributed by atoms with Gasteiger partial charge in [-0.1, -0.05) is 12.2 Å². The van der Waals surface area contributed by atoms with Gasteiger partial charge in [-0.05, 0) is 13.8 Å². The Morgan fingerprint density at radius 1 is 1.09 bits per heavy atom. The summed E-state index contributed by atoms with van der Waals surface area (Å²) in [4.78, 5) is 21.7. The van der Waals surface area contributed by atoms with E-state index in [-0.39, 0.29) is 25.4 Å². The van der Waals surface area contributed by atoms with E-state index in [4.69, 9.17) is 27.8 Å². The topological polar surface area (TPSA) is 97.3 Å². The number of aryl methyl sites for hydroxylation is 1. The first kappa shape index (κ1) is 16.3. The van der Waals surface area contributed by atoms with Gasteiger partial charge >= 0.3 is 12.0 Å². The molecule has 1 aromatic heterocycles. The number of hydrogen-bond donors (Lipinski definition) is 0. The van der Waals surface area contributed by atoms with Crippen LogP contribution in [0, 0.1) is 6.92 Å². The van der Waals surface area contributed by atoms with Crippen molar-refractivity contribution in [3.63, 3.8) is 0 Å². The molecule has 2 atom stereocenters. The fourth-order valence-corrected chi connectivity index (χ4v) is 1.76. The average Bonchev–Trinajstić information content (AvgIpc) is 2.94. The van der Waals surface area contributed by atoms with Gasteiger partial charge < -0.3 is 27.8 Å². The predicted molar refractivity (Wildman–Crippen MR) is 72.4 cm³/mol. The molecule has 0 saturated carbocycles. The first-order valence-corrected chi connectivity index (χ1v) is 6.83. The highest BCUT2D eigenvalue weighted by molar-refractivity contribution is 5.62. The molecule has 0 spiro atoms. The Balaban J connectivity index is 1.54. The third-order valence-corrected chi connectivity index (χ3v) is 3.00. The summed E-state index contributed by atoms with van der Waals surface area (Å²) in [6, 6.07) is 0. The van der Waals surface area contributed by atoms with Crippen LogP contribution in [0.15, 0.2) is 25.8 Å². The van der Waals surface area contributed by atoms with Gasteiger partial charge in [0.1, 0.15) is 18.5 Å². The van der Waals surface area contributed by atoms with Crippen molar-refractivity contribution in [2.45, 2.75) is 32.7 Å². The lowest BCUT2D eigenvalue weighted by Gasteiger charge is -2.10. The molecule has 1 aliphatic rings. The summed E-state index contributed by atoms with van der Waals surface area (Å²) in [5.74, 6) is 0.0670. The van der Waals surface area contributed by atoms with Crippen molar-refractivity contribution in [2.75, 3.05) is 19.8 Å². The largest absolute Gasteiger partial charge is 0.519 e. The molecule has 0 radical (unpaired) electrons. The summed E-state index contributed by atoms with van der Waals surface area (Å²) in [7, 11) is 0. The average molecular weight is 314 g/mol. The molecule has 1 saturated heterocycles. The Morgan fingerprint density at radius 2 is 1.82 bits per heavy atom. The normalized spacial score (nSPS) is 21.3. The van der Waals surface area contributed by atoms with Gasteiger partial charge in [-0.25, -0.2) is 9.59 Å². The first-order chi connectivity index (χ1) is 10.6. The van der Waals surface area contributed by atoms with Gasteiger partial charge in [0, 0.05) is 0 Å². The second-order valence-electron chi connectivity index (χ2n) is 4.69. The van der Waals surface area contributed by atoms with Crippen LogP contribution in [0.25, 0.3) is 0 Å². The van der Waals surface area contributed by atoms with Crippen LogP contribution in [0.5, 0.6) is 0 Å². The lowest BCUT2D eigenvalue weighted by molar-refractivity contribution is 0.0456. The minimum atomic E-state index is -0.731. The molecule has 1 fully saturated rings. The Labute approximate surface area is 126 Å². The van der Waals surface area contributed by atoms with Gasteiger partial charge in [-0.15, -0.1) is 0 Å². The molecule has 8 nitrogen and oxygen atoms in total. The number of carbonyl (C=O) groups excluding carboxylic acids is 1. The summed E-state index contributed by atoms with van der Waals surface area (Å²) >= 11 is 0. The molecule has 2 heterocycles. The van der Waals surface area contributed by atoms with Crippen LogP contribution >= 0.6 is 0 Å². The molecule has 0 N–H and O–H groups in total. The molecule has 0 aromatic carbocycles. The molecule has 1 aromatic rings. The number of cyclic esters (lactones) is 2. The van der Waals surface area contributed by atoms with E-state index in [0.717, 1.165) is 0 Å². The zero-order chi connectivity index (χ0) is 15.9. The van der Waals surface area contributed by atoms with Crippen LogP contribution in [0.3, 0.4) is 0 Å². The second kappa shape index (κ2) is 7.81. The summed E-state index contributed by atoms with van der Waals surface area (Å²) in [5.41, 5.74) is 0. The Bertz CT molecular complexity index is 570. The van der Waals surface area contributed by atoms with Gasteiger partial charge in [-0.3, -0.25) is 0 Å². The molecule has 0 aliphatic carbocycles. The first-order valence-electron chi connectivity index (χ1n) is 6.83. The van der Waals surface area contributed by atoms with Gasteiger partial charge in [0.15, 0.2) is 11.9 Å². The zero-order valence-electron chi connectivity index (χ0n) is 12.4. The van der Waals surface area contributed by atoms with E-state index in [0.29, 0.717) is 24.7 Å². The van der Waals surface area contributed by atoms with Crippen molar-refractivity contribution in [3.05, 3.63) is 34.3 Å². The molecule has 122 valence electrons. The van der Waals surface area contributed by atoms with Crippen LogP contribution in [-0.2, 0) is 25.6 Å². The van der Waals surface area contributed by atoms with E-state index < -0.39 is 12.0 Å². The maximum absolute atomic E-state index is 10.8. The van der Waals surface area contributed by atoms with Crippen LogP contribution in [-0.4, -0.2) is 38.2 Å². The van der Waals surface area contributed by atoms with Gasteiger partial charge in [-0.2, -0.15) is 0 Å². The number of hydrogen-bond acceptors (Lipinski definition) is 8. The molecule has 8 heteroatoms. The van der Waals surface area contributed by atoms with Crippen molar-refractivity contribution < 1.29 is 32.6 Å². The maximum atomic E-state index is 10.8. The minimum Gasteiger partial charge on any atom is -0.427 e. The summed E-state index contributed by atoms with van der Waals surface area (Å²) in [6.45, 7) is 4.53. The molecule has 1 aliphatic heterocycles. The highest BCUT2D eigenvalue weighted by Gasteiger charge is 2.32. The van der Waals surface area contributed by atoms with E-state index in [1.807, 2.05) is 0 Å². The monoisotopic (exact) mass is 314 g/mol. The molecule has 22 heavy (non-hydrogen) atoms. The van der Waals surface area contributed by atoms with Crippen LogP contribution in [0.4, 0.5) is 4.79 Å². The Morgan fingerprint density at radius 3 is 2.41 bits per heavy atom. The maximum Gasteiger partial charge on any atom is 0.519 e. The molecule has 2 unspecified atom stereocenters. The SMILES string of the molecule is Cc1oc(=O)oc1COC/C=C/COCC1OC(=O)OC1C. The van der Waals surface area contributed by atoms with Gasteiger partial charge in [0.2, 0.25) is 0 Å². The van der Waals surface area contributed by atoms with E-state index in [1.165, 1.54) is 0 Å². The van der Waals surface area contributed by atoms with Crippen LogP contribution < -0.4 is 5.82 Å². The Kier molecular flexibility index (Phi) is 5.79. The smallest absolute Gasteiger partial charge is 0.427 e. The van der Waals surface area contributed by atoms with Crippen LogP contribution in [0.2, 0.25) is 0 Å². The molecular weight excluding hydrogens is 296 g/mol. The summed E-state index contributed by atoms with van der Waals surface area (Å²) in [5, 5.41) is 0. The third-order valence-electron chi connectivity index (χ3n) is 3.00. The lowest BCUT2D eigenvalue weighted by atomic mass is 10.2. The van der Waals surface area contributed by atoms with Crippen molar-refractivity contribution in [2.24, 2.45) is 0 Å². The third kappa shape index (κ3) is 4.74. The van der Waals surface area contributed by atoms with Gasteiger partial charge in [0.05, 0.1) is 19.8 Å². The lowest BCUT2D eigenvalue weighted by Crippen LogP contribution is -2.25. The minimum absolute atomic E-state index is 0.162. The summed E-state index contributed by atoms with van der Waals surface area (Å²) < 4.78 is 29.9. The fraction of sp³-hybridized carbons (Fsp3) is 0.571. The van der Waals surface area contributed by atoms with E-state index >= 15 is 0 Å². The second-order valence-corrected chi connectivity index (χ2v) is 4.69. The van der Waals surface area contributed by atoms with Crippen molar-refractivity contribution >= 4 is 6.16 Å². The number of carbonyl (C=O) groups is 1. The van der Waals surface area contributed by atoms with Crippen molar-refractivity contribution in [1.29, 1.82) is 0 Å².